The van der Waals surface area contributed by atoms with Crippen molar-refractivity contribution < 1.29 is 9.72 Å². The van der Waals surface area contributed by atoms with Crippen molar-refractivity contribution in [2.75, 3.05) is 13.1 Å². The van der Waals surface area contributed by atoms with E-state index in [0.29, 0.717) is 5.71 Å². The molecule has 3 rings (SSSR count). The summed E-state index contributed by atoms with van der Waals surface area (Å²) < 4.78 is 0. The average molecular weight is 421 g/mol. The summed E-state index contributed by atoms with van der Waals surface area (Å²) in [5, 5.41) is 25.8. The molecule has 1 aliphatic heterocycles. The molecule has 0 atom stereocenters. The van der Waals surface area contributed by atoms with Gasteiger partial charge in [-0.3, -0.25) is 9.69 Å². The van der Waals surface area contributed by atoms with Crippen molar-refractivity contribution in [3.63, 3.8) is 0 Å². The maximum absolute atomic E-state index is 12.4. The first-order valence-corrected chi connectivity index (χ1v) is 9.50. The van der Waals surface area contributed by atoms with Crippen LogP contribution in [0.1, 0.15) is 25.3 Å². The lowest BCUT2D eigenvalue weighted by atomic mass is 9.96. The molecule has 1 N–H and O–H groups in total. The topological polar surface area (TPSA) is 131 Å². The standard InChI is InChI=1S/C17H21ClN8O3/c1-12(10-25-22-17(21-23-25)26(28)29)19-20-16(27)14-6-8-24(9-7-14)11-13-2-4-15(18)5-3-13/h2-5,14H,6-11H2,1H3,(H,20,27)/b19-12+. The smallest absolute Gasteiger partial charge is 0.390 e. The molecule has 0 bridgehead atoms. The number of likely N-dealkylation sites (tertiary alicyclic amines) is 1. The SMILES string of the molecule is C/C(Cn1nnc([N+](=O)[O-])n1)=N\NC(=O)C1CCN(Cc2ccc(Cl)cc2)CC1. The summed E-state index contributed by atoms with van der Waals surface area (Å²) in [6.07, 6.45) is 1.51. The van der Waals surface area contributed by atoms with Crippen LogP contribution in [0.15, 0.2) is 29.4 Å². The van der Waals surface area contributed by atoms with Crippen molar-refractivity contribution in [3.05, 3.63) is 45.0 Å². The fourth-order valence-corrected chi connectivity index (χ4v) is 3.18. The van der Waals surface area contributed by atoms with E-state index in [1.807, 2.05) is 24.3 Å². The Morgan fingerprint density at radius 3 is 2.66 bits per heavy atom. The molecule has 29 heavy (non-hydrogen) atoms. The molecule has 154 valence electrons. The number of halogens is 1. The first-order valence-electron chi connectivity index (χ1n) is 9.12. The molecule has 1 amide bonds. The number of hydrogen-bond donors (Lipinski definition) is 1. The van der Waals surface area contributed by atoms with Gasteiger partial charge in [0.2, 0.25) is 5.91 Å². The largest absolute Gasteiger partial charge is 0.514 e. The first-order chi connectivity index (χ1) is 13.9. The van der Waals surface area contributed by atoms with Gasteiger partial charge in [0, 0.05) is 22.7 Å². The molecule has 0 unspecified atom stereocenters. The minimum absolute atomic E-state index is 0.0979. The Bertz CT molecular complexity index is 890. The molecule has 0 saturated carbocycles. The van der Waals surface area contributed by atoms with Crippen LogP contribution in [0.25, 0.3) is 0 Å². The van der Waals surface area contributed by atoms with Crippen LogP contribution in [-0.4, -0.2) is 54.7 Å². The highest BCUT2D eigenvalue weighted by Gasteiger charge is 2.25. The summed E-state index contributed by atoms with van der Waals surface area (Å²) >= 11 is 5.91. The predicted octanol–water partition coefficient (Wildman–Crippen LogP) is 1.64. The summed E-state index contributed by atoms with van der Waals surface area (Å²) in [5.74, 6) is -0.807. The van der Waals surface area contributed by atoms with E-state index in [9.17, 15) is 14.9 Å². The minimum atomic E-state index is -0.725. The zero-order chi connectivity index (χ0) is 20.8. The van der Waals surface area contributed by atoms with Gasteiger partial charge in [0.1, 0.15) is 6.54 Å². The van der Waals surface area contributed by atoms with Crippen molar-refractivity contribution in [2.45, 2.75) is 32.9 Å². The van der Waals surface area contributed by atoms with Gasteiger partial charge in [-0.05, 0) is 55.5 Å². The normalized spacial score (nSPS) is 16.0. The Morgan fingerprint density at radius 1 is 1.34 bits per heavy atom. The van der Waals surface area contributed by atoms with Crippen LogP contribution in [0, 0.1) is 16.0 Å². The van der Waals surface area contributed by atoms with Gasteiger partial charge in [-0.2, -0.15) is 5.10 Å². The first kappa shape index (κ1) is 20.8. The lowest BCUT2D eigenvalue weighted by Crippen LogP contribution is -2.39. The van der Waals surface area contributed by atoms with Gasteiger partial charge in [0.05, 0.1) is 15.9 Å². The molecule has 1 saturated heterocycles. The Labute approximate surface area is 171 Å². The van der Waals surface area contributed by atoms with Crippen LogP contribution in [0.3, 0.4) is 0 Å². The molecule has 1 aliphatic rings. The Kier molecular flexibility index (Phi) is 6.83. The summed E-state index contributed by atoms with van der Waals surface area (Å²) in [6, 6.07) is 7.78. The number of piperidine rings is 1. The number of nitrogens with one attached hydrogen (secondary N) is 1. The average Bonchev–Trinajstić information content (AvgIpc) is 3.17. The third kappa shape index (κ3) is 6.03. The van der Waals surface area contributed by atoms with Gasteiger partial charge in [-0.15, -0.1) is 0 Å². The number of rotatable bonds is 7. The molecular weight excluding hydrogens is 400 g/mol. The van der Waals surface area contributed by atoms with Gasteiger partial charge in [0.15, 0.2) is 0 Å². The fourth-order valence-electron chi connectivity index (χ4n) is 3.06. The van der Waals surface area contributed by atoms with E-state index in [1.165, 1.54) is 5.56 Å². The van der Waals surface area contributed by atoms with Crippen molar-refractivity contribution in [1.82, 2.24) is 30.5 Å². The number of nitro groups is 1. The van der Waals surface area contributed by atoms with E-state index in [-0.39, 0.29) is 18.4 Å². The summed E-state index contributed by atoms with van der Waals surface area (Å²) in [7, 11) is 0. The number of carbonyl (C=O) groups is 1. The Balaban J connectivity index is 1.43. The van der Waals surface area contributed by atoms with E-state index in [2.05, 4.69) is 30.8 Å². The molecule has 0 spiro atoms. The van der Waals surface area contributed by atoms with E-state index in [4.69, 9.17) is 11.6 Å². The van der Waals surface area contributed by atoms with Crippen LogP contribution in [0.4, 0.5) is 5.95 Å². The minimum Gasteiger partial charge on any atom is -0.390 e. The lowest BCUT2D eigenvalue weighted by Gasteiger charge is -2.30. The highest BCUT2D eigenvalue weighted by atomic mass is 35.5. The number of amides is 1. The molecule has 2 heterocycles. The summed E-state index contributed by atoms with van der Waals surface area (Å²) in [5.41, 5.74) is 4.26. The van der Waals surface area contributed by atoms with Crippen molar-refractivity contribution in [1.29, 1.82) is 0 Å². The molecule has 1 aromatic heterocycles. The van der Waals surface area contributed by atoms with Gasteiger partial charge in [0.25, 0.3) is 0 Å². The highest BCUT2D eigenvalue weighted by Crippen LogP contribution is 2.20. The van der Waals surface area contributed by atoms with E-state index < -0.39 is 10.9 Å². The number of aromatic nitrogens is 4. The van der Waals surface area contributed by atoms with Gasteiger partial charge in [-0.1, -0.05) is 28.5 Å². The second kappa shape index (κ2) is 9.52. The third-order valence-electron chi connectivity index (χ3n) is 4.61. The maximum atomic E-state index is 12.4. The highest BCUT2D eigenvalue weighted by molar-refractivity contribution is 6.30. The quantitative estimate of drug-likeness (QED) is 0.409. The van der Waals surface area contributed by atoms with Crippen LogP contribution < -0.4 is 5.43 Å². The second-order valence-corrected chi connectivity index (χ2v) is 7.31. The summed E-state index contributed by atoms with van der Waals surface area (Å²) in [4.78, 5) is 25.6. The van der Waals surface area contributed by atoms with Crippen LogP contribution >= 0.6 is 11.6 Å². The molecule has 11 nitrogen and oxygen atoms in total. The molecule has 2 aromatic rings. The van der Waals surface area contributed by atoms with Crippen LogP contribution in [-0.2, 0) is 17.9 Å². The van der Waals surface area contributed by atoms with Crippen molar-refractivity contribution >= 4 is 29.2 Å². The van der Waals surface area contributed by atoms with Gasteiger partial charge >= 0.3 is 5.95 Å². The second-order valence-electron chi connectivity index (χ2n) is 6.88. The summed E-state index contributed by atoms with van der Waals surface area (Å²) in [6.45, 7) is 4.26. The fraction of sp³-hybridized carbons (Fsp3) is 0.471. The molecular formula is C17H21ClN8O3. The number of nitrogens with zero attached hydrogens (tertiary/aromatic N) is 7. The predicted molar refractivity (Wildman–Crippen MR) is 105 cm³/mol. The van der Waals surface area contributed by atoms with E-state index >= 15 is 0 Å². The zero-order valence-electron chi connectivity index (χ0n) is 15.9. The number of hydrazone groups is 1. The van der Waals surface area contributed by atoms with Gasteiger partial charge < -0.3 is 10.1 Å². The molecule has 12 heteroatoms. The monoisotopic (exact) mass is 420 g/mol. The number of tetrazole rings is 1. The van der Waals surface area contributed by atoms with Gasteiger partial charge in [-0.25, -0.2) is 5.43 Å². The third-order valence-corrected chi connectivity index (χ3v) is 4.86. The van der Waals surface area contributed by atoms with Crippen LogP contribution in [0.2, 0.25) is 5.02 Å². The van der Waals surface area contributed by atoms with Crippen LogP contribution in [0.5, 0.6) is 0 Å². The lowest BCUT2D eigenvalue weighted by molar-refractivity contribution is -0.394. The number of hydrogen-bond acceptors (Lipinski definition) is 8. The number of benzene rings is 1. The Hall–Kier alpha value is -2.92. The molecule has 0 radical (unpaired) electrons. The van der Waals surface area contributed by atoms with E-state index in [1.54, 1.807) is 6.92 Å². The Morgan fingerprint density at radius 2 is 2.03 bits per heavy atom. The zero-order valence-corrected chi connectivity index (χ0v) is 16.6. The number of carbonyl (C=O) groups excluding carboxylic acids is 1. The molecule has 0 aliphatic carbocycles. The van der Waals surface area contributed by atoms with Crippen molar-refractivity contribution in [3.8, 4) is 0 Å². The molecule has 1 aromatic carbocycles. The van der Waals surface area contributed by atoms with Crippen molar-refractivity contribution in [2.24, 2.45) is 11.0 Å². The molecule has 1 fully saturated rings. The van der Waals surface area contributed by atoms with E-state index in [0.717, 1.165) is 42.3 Å². The maximum Gasteiger partial charge on any atom is 0.514 e.